The summed E-state index contributed by atoms with van der Waals surface area (Å²) in [4.78, 5) is 0. The van der Waals surface area contributed by atoms with E-state index in [0.717, 1.165) is 25.8 Å². The Bertz CT molecular complexity index is 479. The number of nitrogens with one attached hydrogen (secondary N) is 1. The first-order valence-electron chi connectivity index (χ1n) is 6.60. The smallest absolute Gasteiger partial charge is 0.151 e. The second-order valence-electron chi connectivity index (χ2n) is 5.00. The molecule has 0 bridgehead atoms. The van der Waals surface area contributed by atoms with Crippen LogP contribution >= 0.6 is 0 Å². The molecule has 1 atom stereocenters. The second kappa shape index (κ2) is 5.85. The molecule has 0 aliphatic carbocycles. The van der Waals surface area contributed by atoms with E-state index in [0.29, 0.717) is 11.5 Å². The lowest BCUT2D eigenvalue weighted by molar-refractivity contribution is 0.480. The van der Waals surface area contributed by atoms with Gasteiger partial charge in [-0.3, -0.25) is 0 Å². The molecule has 18 heavy (non-hydrogen) atoms. The van der Waals surface area contributed by atoms with Gasteiger partial charge in [0.2, 0.25) is 0 Å². The molecule has 1 unspecified atom stereocenters. The number of benzene rings is 1. The number of aryl methyl sites for hydroxylation is 1. The number of sulfone groups is 1. The Morgan fingerprint density at radius 1 is 1.22 bits per heavy atom. The van der Waals surface area contributed by atoms with E-state index in [1.165, 1.54) is 11.1 Å². The number of hydrogen-bond acceptors (Lipinski definition) is 3. The van der Waals surface area contributed by atoms with Crippen molar-refractivity contribution in [2.75, 3.05) is 11.5 Å². The fraction of sp³-hybridized carbons (Fsp3) is 0.571. The van der Waals surface area contributed by atoms with Crippen molar-refractivity contribution in [3.8, 4) is 0 Å². The van der Waals surface area contributed by atoms with Crippen molar-refractivity contribution >= 4 is 9.84 Å². The molecule has 1 aromatic rings. The summed E-state index contributed by atoms with van der Waals surface area (Å²) in [5, 5.41) is 3.35. The predicted molar refractivity (Wildman–Crippen MR) is 74.3 cm³/mol. The third kappa shape index (κ3) is 3.82. The first-order chi connectivity index (χ1) is 8.59. The molecule has 0 aromatic heterocycles. The summed E-state index contributed by atoms with van der Waals surface area (Å²) in [6, 6.07) is 8.62. The zero-order valence-electron chi connectivity index (χ0n) is 10.9. The van der Waals surface area contributed by atoms with Gasteiger partial charge in [0.25, 0.3) is 0 Å². The first kappa shape index (κ1) is 13.6. The number of hydrogen-bond donors (Lipinski definition) is 1. The Balaban J connectivity index is 1.87. The minimum Gasteiger partial charge on any atom is -0.309 e. The van der Waals surface area contributed by atoms with Crippen LogP contribution in [0.2, 0.25) is 0 Å². The van der Waals surface area contributed by atoms with Crippen LogP contribution < -0.4 is 5.32 Å². The van der Waals surface area contributed by atoms with Crippen molar-refractivity contribution in [3.05, 3.63) is 35.4 Å². The number of rotatable bonds is 4. The summed E-state index contributed by atoms with van der Waals surface area (Å²) >= 11 is 0. The van der Waals surface area contributed by atoms with Crippen molar-refractivity contribution in [3.63, 3.8) is 0 Å². The Kier molecular flexibility index (Phi) is 4.40. The molecular formula is C14H21NO2S. The third-order valence-corrected chi connectivity index (χ3v) is 5.31. The molecule has 2 rings (SSSR count). The molecule has 1 heterocycles. The van der Waals surface area contributed by atoms with Crippen molar-refractivity contribution in [1.82, 2.24) is 5.32 Å². The molecule has 0 radical (unpaired) electrons. The van der Waals surface area contributed by atoms with Crippen LogP contribution in [0.1, 0.15) is 30.9 Å². The van der Waals surface area contributed by atoms with Gasteiger partial charge in [-0.2, -0.15) is 0 Å². The third-order valence-electron chi connectivity index (χ3n) is 3.49. The standard InChI is InChI=1S/C14H21NO2S/c1-2-12-5-7-13(8-6-12)10-15-14-4-3-9-18(16,17)11-14/h5-8,14-15H,2-4,9-11H2,1H3. The molecule has 1 N–H and O–H groups in total. The van der Waals surface area contributed by atoms with Gasteiger partial charge in [0.05, 0.1) is 11.5 Å². The minimum atomic E-state index is -2.81. The fourth-order valence-electron chi connectivity index (χ4n) is 2.34. The van der Waals surface area contributed by atoms with Crippen molar-refractivity contribution in [1.29, 1.82) is 0 Å². The van der Waals surface area contributed by atoms with E-state index < -0.39 is 9.84 Å². The van der Waals surface area contributed by atoms with Gasteiger partial charge >= 0.3 is 0 Å². The average molecular weight is 267 g/mol. The molecule has 4 heteroatoms. The quantitative estimate of drug-likeness (QED) is 0.906. The largest absolute Gasteiger partial charge is 0.309 e. The highest BCUT2D eigenvalue weighted by atomic mass is 32.2. The Labute approximate surface area is 110 Å². The lowest BCUT2D eigenvalue weighted by atomic mass is 10.1. The van der Waals surface area contributed by atoms with Gasteiger partial charge in [-0.1, -0.05) is 31.2 Å². The summed E-state index contributed by atoms with van der Waals surface area (Å²) in [6.45, 7) is 2.89. The Hall–Kier alpha value is -0.870. The maximum atomic E-state index is 11.5. The highest BCUT2D eigenvalue weighted by Crippen LogP contribution is 2.13. The van der Waals surface area contributed by atoms with Crippen LogP contribution in [-0.2, 0) is 22.8 Å². The summed E-state index contributed by atoms with van der Waals surface area (Å²) < 4.78 is 23.0. The minimum absolute atomic E-state index is 0.120. The van der Waals surface area contributed by atoms with Crippen LogP contribution in [0.3, 0.4) is 0 Å². The monoisotopic (exact) mass is 267 g/mol. The lowest BCUT2D eigenvalue weighted by Gasteiger charge is -2.23. The maximum Gasteiger partial charge on any atom is 0.151 e. The van der Waals surface area contributed by atoms with Gasteiger partial charge in [0.1, 0.15) is 0 Å². The molecule has 100 valence electrons. The Morgan fingerprint density at radius 3 is 2.50 bits per heavy atom. The highest BCUT2D eigenvalue weighted by molar-refractivity contribution is 7.91. The lowest BCUT2D eigenvalue weighted by Crippen LogP contribution is -2.39. The van der Waals surface area contributed by atoms with Crippen LogP contribution in [0.4, 0.5) is 0 Å². The summed E-state index contributed by atoms with van der Waals surface area (Å²) in [6.07, 6.45) is 2.80. The van der Waals surface area contributed by atoms with Crippen LogP contribution in [0.15, 0.2) is 24.3 Å². The van der Waals surface area contributed by atoms with Crippen LogP contribution in [0.25, 0.3) is 0 Å². The van der Waals surface area contributed by atoms with Crippen molar-refractivity contribution < 1.29 is 8.42 Å². The van der Waals surface area contributed by atoms with E-state index in [9.17, 15) is 8.42 Å². The first-order valence-corrected chi connectivity index (χ1v) is 8.43. The zero-order valence-corrected chi connectivity index (χ0v) is 11.7. The van der Waals surface area contributed by atoms with Gasteiger partial charge in [-0.15, -0.1) is 0 Å². The van der Waals surface area contributed by atoms with Crippen molar-refractivity contribution in [2.24, 2.45) is 0 Å². The van der Waals surface area contributed by atoms with E-state index in [4.69, 9.17) is 0 Å². The van der Waals surface area contributed by atoms with Crippen molar-refractivity contribution in [2.45, 2.75) is 38.8 Å². The molecule has 3 nitrogen and oxygen atoms in total. The molecule has 0 amide bonds. The topological polar surface area (TPSA) is 46.2 Å². The van der Waals surface area contributed by atoms with E-state index in [1.807, 2.05) is 0 Å². The highest BCUT2D eigenvalue weighted by Gasteiger charge is 2.23. The van der Waals surface area contributed by atoms with E-state index in [-0.39, 0.29) is 6.04 Å². The molecule has 0 spiro atoms. The summed E-state index contributed by atoms with van der Waals surface area (Å²) in [5.74, 6) is 0.649. The van der Waals surface area contributed by atoms with Crippen LogP contribution in [0, 0.1) is 0 Å². The van der Waals surface area contributed by atoms with Gasteiger partial charge in [0, 0.05) is 12.6 Å². The molecule has 1 aliphatic rings. The van der Waals surface area contributed by atoms with Gasteiger partial charge in [0.15, 0.2) is 9.84 Å². The average Bonchev–Trinajstić information content (AvgIpc) is 2.36. The molecule has 1 aliphatic heterocycles. The zero-order chi connectivity index (χ0) is 13.0. The molecule has 1 fully saturated rings. The SMILES string of the molecule is CCc1ccc(CNC2CCCS(=O)(=O)C2)cc1. The van der Waals surface area contributed by atoms with Gasteiger partial charge in [-0.05, 0) is 30.4 Å². The molecular weight excluding hydrogens is 246 g/mol. The van der Waals surface area contributed by atoms with Crippen LogP contribution in [0.5, 0.6) is 0 Å². The summed E-state index contributed by atoms with van der Waals surface area (Å²) in [5.41, 5.74) is 2.55. The molecule has 0 saturated carbocycles. The van der Waals surface area contributed by atoms with E-state index in [1.54, 1.807) is 0 Å². The van der Waals surface area contributed by atoms with Gasteiger partial charge in [-0.25, -0.2) is 8.42 Å². The maximum absolute atomic E-state index is 11.5. The van der Waals surface area contributed by atoms with Crippen LogP contribution in [-0.4, -0.2) is 26.0 Å². The second-order valence-corrected chi connectivity index (χ2v) is 7.23. The van der Waals surface area contributed by atoms with E-state index >= 15 is 0 Å². The Morgan fingerprint density at radius 2 is 1.89 bits per heavy atom. The summed E-state index contributed by atoms with van der Waals surface area (Å²) in [7, 11) is -2.81. The normalized spacial score (nSPS) is 22.8. The predicted octanol–water partition coefficient (Wildman–Crippen LogP) is 1.92. The van der Waals surface area contributed by atoms with Gasteiger partial charge < -0.3 is 5.32 Å². The fourth-order valence-corrected chi connectivity index (χ4v) is 4.01. The molecule has 1 aromatic carbocycles. The molecule has 1 saturated heterocycles. The van der Waals surface area contributed by atoms with E-state index in [2.05, 4.69) is 36.5 Å².